The standard InChI is InChI=1S/C9H10ClN3/c1-11-5-9-12-7-3-2-6(10)4-8(7)13-9/h2-4,11H,5H2,1H3,(H,12,13). The summed E-state index contributed by atoms with van der Waals surface area (Å²) in [6.07, 6.45) is 0. The first-order valence-corrected chi connectivity index (χ1v) is 4.46. The summed E-state index contributed by atoms with van der Waals surface area (Å²) in [6.45, 7) is 0.742. The molecule has 0 atom stereocenters. The number of hydrogen-bond donors (Lipinski definition) is 2. The van der Waals surface area contributed by atoms with Crippen molar-refractivity contribution in [2.24, 2.45) is 0 Å². The minimum atomic E-state index is 0.718. The second kappa shape index (κ2) is 3.36. The molecule has 0 aliphatic heterocycles. The predicted molar refractivity (Wildman–Crippen MR) is 53.9 cm³/mol. The number of halogens is 1. The Kier molecular flexibility index (Phi) is 2.20. The lowest BCUT2D eigenvalue weighted by atomic mass is 10.3. The lowest BCUT2D eigenvalue weighted by molar-refractivity contribution is 0.775. The van der Waals surface area contributed by atoms with Gasteiger partial charge >= 0.3 is 0 Å². The number of hydrogen-bond acceptors (Lipinski definition) is 2. The van der Waals surface area contributed by atoms with Crippen molar-refractivity contribution >= 4 is 22.6 Å². The third-order valence-corrected chi connectivity index (χ3v) is 2.07. The van der Waals surface area contributed by atoms with Gasteiger partial charge < -0.3 is 10.3 Å². The Labute approximate surface area is 81.1 Å². The summed E-state index contributed by atoms with van der Waals surface area (Å²) in [4.78, 5) is 7.55. The van der Waals surface area contributed by atoms with Crippen LogP contribution in [-0.2, 0) is 6.54 Å². The molecule has 3 nitrogen and oxygen atoms in total. The highest BCUT2D eigenvalue weighted by atomic mass is 35.5. The number of aromatic amines is 1. The van der Waals surface area contributed by atoms with Crippen LogP contribution in [0.15, 0.2) is 18.2 Å². The molecule has 1 aromatic carbocycles. The zero-order chi connectivity index (χ0) is 9.26. The predicted octanol–water partition coefficient (Wildman–Crippen LogP) is 1.94. The highest BCUT2D eigenvalue weighted by molar-refractivity contribution is 6.31. The Balaban J connectivity index is 2.49. The molecule has 0 aliphatic carbocycles. The monoisotopic (exact) mass is 195 g/mol. The Bertz CT molecular complexity index is 422. The van der Waals surface area contributed by atoms with E-state index in [4.69, 9.17) is 11.6 Å². The van der Waals surface area contributed by atoms with E-state index in [0.29, 0.717) is 0 Å². The van der Waals surface area contributed by atoms with Crippen LogP contribution in [0.4, 0.5) is 0 Å². The number of nitrogens with zero attached hydrogens (tertiary/aromatic N) is 1. The maximum absolute atomic E-state index is 5.84. The molecule has 0 spiro atoms. The fourth-order valence-electron chi connectivity index (χ4n) is 1.28. The second-order valence-corrected chi connectivity index (χ2v) is 3.31. The van der Waals surface area contributed by atoms with Crippen molar-refractivity contribution in [3.8, 4) is 0 Å². The van der Waals surface area contributed by atoms with Gasteiger partial charge in [-0.25, -0.2) is 4.98 Å². The van der Waals surface area contributed by atoms with E-state index in [2.05, 4.69) is 15.3 Å². The summed E-state index contributed by atoms with van der Waals surface area (Å²) in [5.74, 6) is 0.930. The van der Waals surface area contributed by atoms with Gasteiger partial charge in [-0.05, 0) is 25.2 Å². The topological polar surface area (TPSA) is 40.7 Å². The van der Waals surface area contributed by atoms with Gasteiger partial charge in [0, 0.05) is 5.02 Å². The minimum absolute atomic E-state index is 0.718. The first kappa shape index (κ1) is 8.53. The maximum atomic E-state index is 5.84. The number of benzene rings is 1. The Morgan fingerprint density at radius 3 is 3.15 bits per heavy atom. The molecular formula is C9H10ClN3. The van der Waals surface area contributed by atoms with Crippen molar-refractivity contribution < 1.29 is 0 Å². The summed E-state index contributed by atoms with van der Waals surface area (Å²) in [6, 6.07) is 5.64. The fourth-order valence-corrected chi connectivity index (χ4v) is 1.45. The SMILES string of the molecule is CNCc1nc2cc(Cl)ccc2[nH]1. The molecule has 1 aromatic heterocycles. The van der Waals surface area contributed by atoms with Gasteiger partial charge in [-0.2, -0.15) is 0 Å². The van der Waals surface area contributed by atoms with Crippen molar-refractivity contribution in [1.82, 2.24) is 15.3 Å². The average molecular weight is 196 g/mol. The van der Waals surface area contributed by atoms with Crippen LogP contribution >= 0.6 is 11.6 Å². The van der Waals surface area contributed by atoms with Gasteiger partial charge in [0.1, 0.15) is 5.82 Å². The van der Waals surface area contributed by atoms with E-state index in [1.54, 1.807) is 0 Å². The van der Waals surface area contributed by atoms with Crippen molar-refractivity contribution in [2.45, 2.75) is 6.54 Å². The van der Waals surface area contributed by atoms with Crippen molar-refractivity contribution in [2.75, 3.05) is 7.05 Å². The van der Waals surface area contributed by atoms with Gasteiger partial charge in [-0.15, -0.1) is 0 Å². The van der Waals surface area contributed by atoms with Crippen LogP contribution in [0.5, 0.6) is 0 Å². The van der Waals surface area contributed by atoms with Gasteiger partial charge in [0.05, 0.1) is 17.6 Å². The van der Waals surface area contributed by atoms with E-state index in [-0.39, 0.29) is 0 Å². The lowest BCUT2D eigenvalue weighted by Gasteiger charge is -1.89. The zero-order valence-electron chi connectivity index (χ0n) is 7.26. The number of H-pyrrole nitrogens is 1. The van der Waals surface area contributed by atoms with Crippen LogP contribution in [0.3, 0.4) is 0 Å². The Morgan fingerprint density at radius 1 is 1.54 bits per heavy atom. The largest absolute Gasteiger partial charge is 0.341 e. The molecule has 4 heteroatoms. The van der Waals surface area contributed by atoms with E-state index in [1.807, 2.05) is 25.2 Å². The summed E-state index contributed by atoms with van der Waals surface area (Å²) >= 11 is 5.84. The molecule has 0 aliphatic rings. The molecule has 2 N–H and O–H groups in total. The molecule has 0 bridgehead atoms. The molecule has 2 aromatic rings. The van der Waals surface area contributed by atoms with Crippen LogP contribution < -0.4 is 5.32 Å². The number of aromatic nitrogens is 2. The van der Waals surface area contributed by atoms with E-state index < -0.39 is 0 Å². The van der Waals surface area contributed by atoms with Gasteiger partial charge in [0.2, 0.25) is 0 Å². The molecule has 0 amide bonds. The molecule has 0 fully saturated rings. The van der Waals surface area contributed by atoms with Crippen molar-refractivity contribution in [3.63, 3.8) is 0 Å². The number of nitrogens with one attached hydrogen (secondary N) is 2. The van der Waals surface area contributed by atoms with Gasteiger partial charge in [-0.1, -0.05) is 11.6 Å². The van der Waals surface area contributed by atoms with Crippen molar-refractivity contribution in [3.05, 3.63) is 29.0 Å². The Morgan fingerprint density at radius 2 is 2.38 bits per heavy atom. The Hall–Kier alpha value is -1.06. The van der Waals surface area contributed by atoms with Crippen LogP contribution in [0.25, 0.3) is 11.0 Å². The quantitative estimate of drug-likeness (QED) is 0.769. The van der Waals surface area contributed by atoms with Gasteiger partial charge in [0.25, 0.3) is 0 Å². The summed E-state index contributed by atoms with van der Waals surface area (Å²) < 4.78 is 0. The average Bonchev–Trinajstić information content (AvgIpc) is 2.46. The van der Waals surface area contributed by atoms with Crippen LogP contribution in [-0.4, -0.2) is 17.0 Å². The van der Waals surface area contributed by atoms with Crippen LogP contribution in [0.1, 0.15) is 5.82 Å². The number of fused-ring (bicyclic) bond motifs is 1. The van der Waals surface area contributed by atoms with E-state index in [9.17, 15) is 0 Å². The van der Waals surface area contributed by atoms with Crippen LogP contribution in [0, 0.1) is 0 Å². The molecule has 0 radical (unpaired) electrons. The number of rotatable bonds is 2. The molecule has 0 unspecified atom stereocenters. The zero-order valence-corrected chi connectivity index (χ0v) is 8.02. The fraction of sp³-hybridized carbons (Fsp3) is 0.222. The van der Waals surface area contributed by atoms with Gasteiger partial charge in [0.15, 0.2) is 0 Å². The third-order valence-electron chi connectivity index (χ3n) is 1.84. The number of imidazole rings is 1. The molecule has 0 saturated carbocycles. The van der Waals surface area contributed by atoms with E-state index >= 15 is 0 Å². The molecule has 0 saturated heterocycles. The highest BCUT2D eigenvalue weighted by Crippen LogP contribution is 2.16. The summed E-state index contributed by atoms with van der Waals surface area (Å²) in [7, 11) is 1.89. The second-order valence-electron chi connectivity index (χ2n) is 2.88. The third kappa shape index (κ3) is 1.66. The molecule has 68 valence electrons. The van der Waals surface area contributed by atoms with Crippen LogP contribution in [0.2, 0.25) is 5.02 Å². The smallest absolute Gasteiger partial charge is 0.121 e. The summed E-state index contributed by atoms with van der Waals surface area (Å²) in [5.41, 5.74) is 1.94. The highest BCUT2D eigenvalue weighted by Gasteiger charge is 2.01. The lowest BCUT2D eigenvalue weighted by Crippen LogP contribution is -2.06. The van der Waals surface area contributed by atoms with E-state index in [0.717, 1.165) is 28.4 Å². The van der Waals surface area contributed by atoms with Gasteiger partial charge in [-0.3, -0.25) is 0 Å². The van der Waals surface area contributed by atoms with E-state index in [1.165, 1.54) is 0 Å². The molecule has 1 heterocycles. The normalized spacial score (nSPS) is 10.9. The van der Waals surface area contributed by atoms with Crippen molar-refractivity contribution in [1.29, 1.82) is 0 Å². The molecule has 2 rings (SSSR count). The summed E-state index contributed by atoms with van der Waals surface area (Å²) in [5, 5.41) is 3.75. The molecule has 13 heavy (non-hydrogen) atoms. The minimum Gasteiger partial charge on any atom is -0.341 e. The first-order chi connectivity index (χ1) is 6.29. The first-order valence-electron chi connectivity index (χ1n) is 4.08. The maximum Gasteiger partial charge on any atom is 0.121 e. The molecular weight excluding hydrogens is 186 g/mol.